The summed E-state index contributed by atoms with van der Waals surface area (Å²) in [6.07, 6.45) is 3.11. The Morgan fingerprint density at radius 1 is 1.20 bits per heavy atom. The van der Waals surface area contributed by atoms with E-state index in [4.69, 9.17) is 4.74 Å². The lowest BCUT2D eigenvalue weighted by Crippen LogP contribution is -2.39. The Kier molecular flexibility index (Phi) is 8.17. The zero-order valence-electron chi connectivity index (χ0n) is 18.5. The van der Waals surface area contributed by atoms with E-state index < -0.39 is 5.97 Å². The second-order valence-electron chi connectivity index (χ2n) is 7.75. The Morgan fingerprint density at radius 2 is 1.83 bits per heavy atom. The van der Waals surface area contributed by atoms with Crippen LogP contribution in [0.5, 0.6) is 0 Å². The van der Waals surface area contributed by atoms with E-state index in [1.54, 1.807) is 6.92 Å². The molecule has 0 saturated heterocycles. The highest BCUT2D eigenvalue weighted by Gasteiger charge is 2.12. The highest BCUT2D eigenvalue weighted by molar-refractivity contribution is 7.07. The smallest absolute Gasteiger partial charge is 0.333 e. The molecule has 0 aliphatic heterocycles. The monoisotopic (exact) mass is 430 g/mol. The topological polar surface area (TPSA) is 77.4 Å². The van der Waals surface area contributed by atoms with Crippen molar-refractivity contribution >= 4 is 35.4 Å². The second kappa shape index (κ2) is 10.4. The first-order valence-corrected chi connectivity index (χ1v) is 10.9. The van der Waals surface area contributed by atoms with Crippen LogP contribution in [0.25, 0.3) is 12.2 Å². The van der Waals surface area contributed by atoms with Crippen molar-refractivity contribution in [3.63, 3.8) is 0 Å². The average Bonchev–Trinajstić information content (AvgIpc) is 2.91. The normalized spacial score (nSPS) is 12.5. The third-order valence-corrected chi connectivity index (χ3v) is 5.55. The lowest BCUT2D eigenvalue weighted by Gasteiger charge is -2.08. The molecule has 0 spiro atoms. The van der Waals surface area contributed by atoms with Crippen molar-refractivity contribution in [1.82, 2.24) is 9.88 Å². The summed E-state index contributed by atoms with van der Waals surface area (Å²) in [5, 5.41) is 2.81. The van der Waals surface area contributed by atoms with Crippen LogP contribution in [0.3, 0.4) is 0 Å². The Morgan fingerprint density at radius 3 is 2.40 bits per heavy atom. The van der Waals surface area contributed by atoms with Gasteiger partial charge in [-0.1, -0.05) is 31.5 Å². The molecule has 1 heterocycles. The number of aromatic nitrogens is 1. The molecule has 0 aliphatic carbocycles. The van der Waals surface area contributed by atoms with Crippen molar-refractivity contribution < 1.29 is 14.3 Å². The first-order chi connectivity index (χ1) is 14.1. The van der Waals surface area contributed by atoms with E-state index in [1.807, 2.05) is 40.7 Å². The molecule has 7 heteroatoms. The van der Waals surface area contributed by atoms with E-state index in [0.29, 0.717) is 21.7 Å². The molecule has 1 aromatic carbocycles. The van der Waals surface area contributed by atoms with E-state index in [0.717, 1.165) is 22.3 Å². The lowest BCUT2D eigenvalue weighted by atomic mass is 10.00. The van der Waals surface area contributed by atoms with Crippen LogP contribution in [0.4, 0.5) is 0 Å². The first kappa shape index (κ1) is 23.6. The summed E-state index contributed by atoms with van der Waals surface area (Å²) >= 11 is 1.18. The number of carbonyl (C=O) groups excluding carboxylic acids is 2. The van der Waals surface area contributed by atoms with Crippen LogP contribution in [-0.4, -0.2) is 29.6 Å². The standard InChI is InChI=1S/C23H30N2O4S/c1-7-29-22(27)11-21-25(13-20(26)24-12-14(2)3)23(28)19(30-21)10-18-16(5)8-15(4)9-17(18)6/h8-11,14H,7,12-13H2,1-6H3,(H,24,26)/b19-10-,21-11-. The van der Waals surface area contributed by atoms with Crippen LogP contribution in [0.15, 0.2) is 16.9 Å². The maximum absolute atomic E-state index is 13.1. The molecule has 1 amide bonds. The van der Waals surface area contributed by atoms with Gasteiger partial charge >= 0.3 is 5.97 Å². The van der Waals surface area contributed by atoms with Crippen LogP contribution >= 0.6 is 11.3 Å². The molecule has 0 radical (unpaired) electrons. The third kappa shape index (κ3) is 6.16. The van der Waals surface area contributed by atoms with Gasteiger partial charge < -0.3 is 10.1 Å². The predicted molar refractivity (Wildman–Crippen MR) is 121 cm³/mol. The molecule has 30 heavy (non-hydrogen) atoms. The number of rotatable bonds is 7. The molecule has 0 atom stereocenters. The van der Waals surface area contributed by atoms with Crippen molar-refractivity contribution in [2.45, 2.75) is 48.1 Å². The minimum absolute atomic E-state index is 0.146. The summed E-state index contributed by atoms with van der Waals surface area (Å²) in [5.74, 6) is -0.504. The van der Waals surface area contributed by atoms with E-state index >= 15 is 0 Å². The Hall–Kier alpha value is -2.67. The van der Waals surface area contributed by atoms with Crippen molar-refractivity contribution in [3.05, 3.63) is 53.9 Å². The Balaban J connectivity index is 2.59. The molecule has 162 valence electrons. The van der Waals surface area contributed by atoms with Crippen molar-refractivity contribution in [2.75, 3.05) is 13.2 Å². The summed E-state index contributed by atoms with van der Waals surface area (Å²) in [5.41, 5.74) is 3.96. The summed E-state index contributed by atoms with van der Waals surface area (Å²) < 4.78 is 7.19. The molecular formula is C23H30N2O4S. The molecule has 6 nitrogen and oxygen atoms in total. The number of benzene rings is 1. The van der Waals surface area contributed by atoms with Crippen LogP contribution in [0, 0.1) is 26.7 Å². The highest BCUT2D eigenvalue weighted by atomic mass is 32.1. The number of ether oxygens (including phenoxy) is 1. The molecule has 0 fully saturated rings. The average molecular weight is 431 g/mol. The second-order valence-corrected chi connectivity index (χ2v) is 8.81. The molecule has 2 aromatic rings. The molecular weight excluding hydrogens is 400 g/mol. The number of thiazole rings is 1. The van der Waals surface area contributed by atoms with Gasteiger partial charge in [-0.05, 0) is 56.4 Å². The van der Waals surface area contributed by atoms with Gasteiger partial charge in [-0.15, -0.1) is 11.3 Å². The van der Waals surface area contributed by atoms with Crippen LogP contribution < -0.4 is 20.1 Å². The largest absolute Gasteiger partial charge is 0.463 e. The quantitative estimate of drug-likeness (QED) is 0.680. The van der Waals surface area contributed by atoms with Crippen molar-refractivity contribution in [3.8, 4) is 0 Å². The number of carbonyl (C=O) groups is 2. The summed E-state index contributed by atoms with van der Waals surface area (Å²) in [6, 6.07) is 4.13. The predicted octanol–water partition coefficient (Wildman–Crippen LogP) is 1.78. The highest BCUT2D eigenvalue weighted by Crippen LogP contribution is 2.16. The van der Waals surface area contributed by atoms with Gasteiger partial charge in [0.1, 0.15) is 11.2 Å². The molecule has 2 rings (SSSR count). The van der Waals surface area contributed by atoms with Gasteiger partial charge in [-0.3, -0.25) is 14.2 Å². The van der Waals surface area contributed by atoms with Gasteiger partial charge in [0.25, 0.3) is 5.56 Å². The maximum atomic E-state index is 13.1. The Labute approximate surface area is 180 Å². The van der Waals surface area contributed by atoms with Gasteiger partial charge in [0.2, 0.25) is 5.91 Å². The summed E-state index contributed by atoms with van der Waals surface area (Å²) in [4.78, 5) is 37.4. The Bertz CT molecular complexity index is 1090. The molecule has 0 aliphatic rings. The molecule has 0 saturated carbocycles. The van der Waals surface area contributed by atoms with Crippen molar-refractivity contribution in [2.24, 2.45) is 5.92 Å². The number of esters is 1. The number of hydrogen-bond donors (Lipinski definition) is 1. The first-order valence-electron chi connectivity index (χ1n) is 10.1. The number of hydrogen-bond acceptors (Lipinski definition) is 5. The fraction of sp³-hybridized carbons (Fsp3) is 0.435. The zero-order chi connectivity index (χ0) is 22.4. The van der Waals surface area contributed by atoms with Crippen LogP contribution in [-0.2, 0) is 20.9 Å². The van der Waals surface area contributed by atoms with Crippen LogP contribution in [0.1, 0.15) is 43.0 Å². The molecule has 0 bridgehead atoms. The van der Waals surface area contributed by atoms with Crippen molar-refractivity contribution in [1.29, 1.82) is 0 Å². The van der Waals surface area contributed by atoms with Gasteiger partial charge in [0.15, 0.2) is 0 Å². The lowest BCUT2D eigenvalue weighted by molar-refractivity contribution is -0.135. The summed E-state index contributed by atoms with van der Waals surface area (Å²) in [6.45, 7) is 12.4. The number of amides is 1. The van der Waals surface area contributed by atoms with Gasteiger partial charge in [-0.25, -0.2) is 4.79 Å². The van der Waals surface area contributed by atoms with E-state index in [1.165, 1.54) is 22.0 Å². The SMILES string of the molecule is CCOC(=O)/C=c1\s/c(=C\c2c(C)cc(C)cc2C)c(=O)n1CC(=O)NCC(C)C. The van der Waals surface area contributed by atoms with Gasteiger partial charge in [0, 0.05) is 6.54 Å². The van der Waals surface area contributed by atoms with Gasteiger partial charge in [0.05, 0.1) is 17.2 Å². The fourth-order valence-electron chi connectivity index (χ4n) is 3.14. The number of nitrogens with one attached hydrogen (secondary N) is 1. The maximum Gasteiger partial charge on any atom is 0.333 e. The molecule has 1 N–H and O–H groups in total. The number of aryl methyl sites for hydroxylation is 3. The van der Waals surface area contributed by atoms with E-state index in [2.05, 4.69) is 17.4 Å². The van der Waals surface area contributed by atoms with Gasteiger partial charge in [-0.2, -0.15) is 0 Å². The van der Waals surface area contributed by atoms with E-state index in [9.17, 15) is 14.4 Å². The molecule has 1 aromatic heterocycles. The minimum Gasteiger partial charge on any atom is -0.463 e. The number of nitrogens with zero attached hydrogens (tertiary/aromatic N) is 1. The molecule has 0 unspecified atom stereocenters. The fourth-order valence-corrected chi connectivity index (χ4v) is 4.16. The van der Waals surface area contributed by atoms with Crippen LogP contribution in [0.2, 0.25) is 0 Å². The zero-order valence-corrected chi connectivity index (χ0v) is 19.3. The summed E-state index contributed by atoms with van der Waals surface area (Å²) in [7, 11) is 0. The third-order valence-electron chi connectivity index (χ3n) is 4.49. The minimum atomic E-state index is -0.538. The van der Waals surface area contributed by atoms with E-state index in [-0.39, 0.29) is 24.6 Å².